The summed E-state index contributed by atoms with van der Waals surface area (Å²) < 4.78 is 13.1. The third-order valence-corrected chi connectivity index (χ3v) is 2.00. The van der Waals surface area contributed by atoms with Gasteiger partial charge in [-0.05, 0) is 12.5 Å². The molecule has 0 bridgehead atoms. The minimum absolute atomic E-state index is 0.0611. The van der Waals surface area contributed by atoms with Gasteiger partial charge in [-0.25, -0.2) is 4.39 Å². The van der Waals surface area contributed by atoms with Gasteiger partial charge in [0.15, 0.2) is 5.78 Å². The number of carbonyl (C=O) groups excluding carboxylic acids is 1. The van der Waals surface area contributed by atoms with Crippen molar-refractivity contribution in [2.45, 2.75) is 25.9 Å². The summed E-state index contributed by atoms with van der Waals surface area (Å²) >= 11 is 0. The van der Waals surface area contributed by atoms with E-state index in [4.69, 9.17) is 0 Å². The van der Waals surface area contributed by atoms with Gasteiger partial charge >= 0.3 is 0 Å². The Labute approximate surface area is 82.4 Å². The lowest BCUT2D eigenvalue weighted by Crippen LogP contribution is -2.12. The van der Waals surface area contributed by atoms with E-state index in [9.17, 15) is 14.3 Å². The van der Waals surface area contributed by atoms with Gasteiger partial charge in [0.05, 0.1) is 0 Å². The van der Waals surface area contributed by atoms with E-state index < -0.39 is 11.9 Å². The molecule has 14 heavy (non-hydrogen) atoms. The zero-order chi connectivity index (χ0) is 10.6. The second-order valence-corrected chi connectivity index (χ2v) is 3.14. The Hall–Kier alpha value is -1.22. The van der Waals surface area contributed by atoms with Crippen LogP contribution in [-0.2, 0) is 4.79 Å². The fraction of sp³-hybridized carbons (Fsp3) is 0.364. The summed E-state index contributed by atoms with van der Waals surface area (Å²) in [5.41, 5.74) is 0.0611. The molecule has 0 aliphatic rings. The zero-order valence-corrected chi connectivity index (χ0v) is 8.03. The van der Waals surface area contributed by atoms with Crippen LogP contribution >= 0.6 is 0 Å². The molecule has 0 saturated carbocycles. The molecule has 76 valence electrons. The first-order chi connectivity index (χ1) is 6.66. The Morgan fingerprint density at radius 3 is 2.71 bits per heavy atom. The van der Waals surface area contributed by atoms with Crippen LogP contribution in [-0.4, -0.2) is 10.9 Å². The van der Waals surface area contributed by atoms with E-state index in [2.05, 4.69) is 0 Å². The van der Waals surface area contributed by atoms with Crippen LogP contribution in [0, 0.1) is 5.82 Å². The van der Waals surface area contributed by atoms with Crippen LogP contribution in [0.3, 0.4) is 0 Å². The van der Waals surface area contributed by atoms with Gasteiger partial charge in [-0.1, -0.05) is 25.1 Å². The van der Waals surface area contributed by atoms with Crippen molar-refractivity contribution in [2.75, 3.05) is 0 Å². The summed E-state index contributed by atoms with van der Waals surface area (Å²) in [6, 6.07) is 5.78. The first kappa shape index (κ1) is 10.9. The number of aliphatic hydroxyl groups is 1. The minimum Gasteiger partial charge on any atom is -0.380 e. The zero-order valence-electron chi connectivity index (χ0n) is 8.03. The lowest BCUT2D eigenvalue weighted by molar-refractivity contribution is -0.127. The average molecular weight is 196 g/mol. The number of aliphatic hydroxyl groups excluding tert-OH is 1. The van der Waals surface area contributed by atoms with Crippen molar-refractivity contribution in [2.24, 2.45) is 0 Å². The number of carbonyl (C=O) groups is 1. The van der Waals surface area contributed by atoms with E-state index in [0.717, 1.165) is 0 Å². The largest absolute Gasteiger partial charge is 0.380 e. The van der Waals surface area contributed by atoms with Crippen LogP contribution in [0.5, 0.6) is 0 Å². The van der Waals surface area contributed by atoms with Crippen LogP contribution in [0.15, 0.2) is 24.3 Å². The van der Waals surface area contributed by atoms with Crippen molar-refractivity contribution >= 4 is 5.78 Å². The quantitative estimate of drug-likeness (QED) is 0.801. The molecule has 0 radical (unpaired) electrons. The van der Waals surface area contributed by atoms with Gasteiger partial charge in [-0.3, -0.25) is 4.79 Å². The summed E-state index contributed by atoms with van der Waals surface area (Å²) in [5.74, 6) is -0.873. The minimum atomic E-state index is -1.32. The van der Waals surface area contributed by atoms with Crippen molar-refractivity contribution < 1.29 is 14.3 Å². The normalized spacial score (nSPS) is 12.5. The number of hydrogen-bond acceptors (Lipinski definition) is 2. The molecule has 3 heteroatoms. The molecular formula is C11H13FO2. The van der Waals surface area contributed by atoms with E-state index in [1.54, 1.807) is 6.07 Å². The van der Waals surface area contributed by atoms with E-state index in [-0.39, 0.29) is 17.8 Å². The predicted molar refractivity (Wildman–Crippen MR) is 51.3 cm³/mol. The Morgan fingerprint density at radius 1 is 1.50 bits per heavy atom. The van der Waals surface area contributed by atoms with Crippen molar-refractivity contribution in [3.63, 3.8) is 0 Å². The molecule has 1 aromatic carbocycles. The summed E-state index contributed by atoms with van der Waals surface area (Å²) in [6.07, 6.45) is -0.393. The topological polar surface area (TPSA) is 37.3 Å². The van der Waals surface area contributed by atoms with Crippen molar-refractivity contribution in [1.29, 1.82) is 0 Å². The molecular weight excluding hydrogens is 183 g/mol. The van der Waals surface area contributed by atoms with Crippen LogP contribution in [0.2, 0.25) is 0 Å². The van der Waals surface area contributed by atoms with Gasteiger partial charge < -0.3 is 5.11 Å². The van der Waals surface area contributed by atoms with Gasteiger partial charge in [0.1, 0.15) is 11.9 Å². The number of ketones is 1. The lowest BCUT2D eigenvalue weighted by atomic mass is 10.0. The molecule has 0 fully saturated rings. The predicted octanol–water partition coefficient (Wildman–Crippen LogP) is 2.23. The Kier molecular flexibility index (Phi) is 3.77. The Bertz CT molecular complexity index is 323. The maximum Gasteiger partial charge on any atom is 0.165 e. The van der Waals surface area contributed by atoms with Crippen LogP contribution in [0.4, 0.5) is 4.39 Å². The molecule has 0 spiro atoms. The van der Waals surface area contributed by atoms with E-state index in [1.807, 2.05) is 6.92 Å². The molecule has 0 amide bonds. The van der Waals surface area contributed by atoms with E-state index in [1.165, 1.54) is 18.2 Å². The number of benzene rings is 1. The van der Waals surface area contributed by atoms with E-state index >= 15 is 0 Å². The Balaban J connectivity index is 2.84. The smallest absolute Gasteiger partial charge is 0.165 e. The summed E-state index contributed by atoms with van der Waals surface area (Å²) in [4.78, 5) is 11.3. The second kappa shape index (κ2) is 4.86. The maximum atomic E-state index is 13.1. The third-order valence-electron chi connectivity index (χ3n) is 2.00. The van der Waals surface area contributed by atoms with Gasteiger partial charge in [0.2, 0.25) is 0 Å². The van der Waals surface area contributed by atoms with Crippen LogP contribution in [0.1, 0.15) is 31.4 Å². The molecule has 0 heterocycles. The van der Waals surface area contributed by atoms with Gasteiger partial charge in [-0.15, -0.1) is 0 Å². The molecule has 0 saturated heterocycles. The van der Waals surface area contributed by atoms with Crippen molar-refractivity contribution in [3.8, 4) is 0 Å². The summed E-state index contributed by atoms with van der Waals surface area (Å²) in [5, 5.41) is 9.51. The average Bonchev–Trinajstić information content (AvgIpc) is 2.18. The van der Waals surface area contributed by atoms with E-state index in [0.29, 0.717) is 6.42 Å². The van der Waals surface area contributed by atoms with Crippen molar-refractivity contribution in [1.82, 2.24) is 0 Å². The number of halogens is 1. The van der Waals surface area contributed by atoms with Crippen LogP contribution < -0.4 is 0 Å². The highest BCUT2D eigenvalue weighted by molar-refractivity contribution is 5.84. The lowest BCUT2D eigenvalue weighted by Gasteiger charge is -2.09. The standard InChI is InChI=1S/C11H13FO2/c1-2-5-10(13)11(14)8-6-3-4-7-9(8)12/h3-4,6-7,11,14H,2,5H2,1H3. The number of rotatable bonds is 4. The SMILES string of the molecule is CCCC(=O)C(O)c1ccccc1F. The fourth-order valence-electron chi connectivity index (χ4n) is 1.25. The highest BCUT2D eigenvalue weighted by Crippen LogP contribution is 2.18. The van der Waals surface area contributed by atoms with Crippen molar-refractivity contribution in [3.05, 3.63) is 35.6 Å². The Morgan fingerprint density at radius 2 is 2.14 bits per heavy atom. The molecule has 0 aliphatic heterocycles. The van der Waals surface area contributed by atoms with Gasteiger partial charge in [0.25, 0.3) is 0 Å². The molecule has 1 rings (SSSR count). The van der Waals surface area contributed by atoms with Gasteiger partial charge in [0, 0.05) is 12.0 Å². The molecule has 1 N–H and O–H groups in total. The molecule has 2 nitrogen and oxygen atoms in total. The highest BCUT2D eigenvalue weighted by atomic mass is 19.1. The van der Waals surface area contributed by atoms with Gasteiger partial charge in [-0.2, -0.15) is 0 Å². The molecule has 0 aliphatic carbocycles. The molecule has 1 atom stereocenters. The van der Waals surface area contributed by atoms with Crippen LogP contribution in [0.25, 0.3) is 0 Å². The second-order valence-electron chi connectivity index (χ2n) is 3.14. The maximum absolute atomic E-state index is 13.1. The first-order valence-corrected chi connectivity index (χ1v) is 4.62. The fourth-order valence-corrected chi connectivity index (χ4v) is 1.25. The number of hydrogen-bond donors (Lipinski definition) is 1. The molecule has 1 aromatic rings. The first-order valence-electron chi connectivity index (χ1n) is 4.62. The summed E-state index contributed by atoms with van der Waals surface area (Å²) in [6.45, 7) is 1.84. The monoisotopic (exact) mass is 196 g/mol. The summed E-state index contributed by atoms with van der Waals surface area (Å²) in [7, 11) is 0. The molecule has 0 aromatic heterocycles. The number of Topliss-reactive ketones (excluding diaryl/α,β-unsaturated/α-hetero) is 1. The highest BCUT2D eigenvalue weighted by Gasteiger charge is 2.18. The third kappa shape index (κ3) is 2.39. The molecule has 1 unspecified atom stereocenters.